The van der Waals surface area contributed by atoms with E-state index in [2.05, 4.69) is 22.4 Å². The van der Waals surface area contributed by atoms with Crippen LogP contribution in [-0.2, 0) is 13.0 Å². The fourth-order valence-corrected chi connectivity index (χ4v) is 1.77. The molecule has 0 fully saturated rings. The fraction of sp³-hybridized carbons (Fsp3) is 0.462. The van der Waals surface area contributed by atoms with Crippen LogP contribution in [0.2, 0.25) is 0 Å². The largest absolute Gasteiger partial charge is 0.494 e. The van der Waals surface area contributed by atoms with Crippen molar-refractivity contribution in [1.82, 2.24) is 20.2 Å². The average Bonchev–Trinajstić information content (AvgIpc) is 2.85. The summed E-state index contributed by atoms with van der Waals surface area (Å²) in [6, 6.07) is 7.40. The minimum absolute atomic E-state index is 0.634. The Bertz CT molecular complexity index is 494. The van der Waals surface area contributed by atoms with Crippen LogP contribution in [0.3, 0.4) is 0 Å². The van der Waals surface area contributed by atoms with Crippen molar-refractivity contribution in [2.75, 3.05) is 12.3 Å². The topological polar surface area (TPSA) is 78.8 Å². The zero-order chi connectivity index (χ0) is 13.5. The third-order valence-corrected chi connectivity index (χ3v) is 2.74. The molecule has 2 aromatic rings. The van der Waals surface area contributed by atoms with Crippen molar-refractivity contribution in [1.29, 1.82) is 0 Å². The highest BCUT2D eigenvalue weighted by atomic mass is 16.5. The number of hydrogen-bond donors (Lipinski definition) is 1. The normalized spacial score (nSPS) is 10.6. The summed E-state index contributed by atoms with van der Waals surface area (Å²) in [6.07, 6.45) is 2.82. The average molecular weight is 261 g/mol. The van der Waals surface area contributed by atoms with E-state index in [-0.39, 0.29) is 0 Å². The van der Waals surface area contributed by atoms with Gasteiger partial charge in [-0.15, -0.1) is 5.10 Å². The highest BCUT2D eigenvalue weighted by molar-refractivity contribution is 5.41. The lowest BCUT2D eigenvalue weighted by atomic mass is 10.3. The SMILES string of the molecule is CCCc1nnnn1CCCOc1ccc(N)cc1. The van der Waals surface area contributed by atoms with Crippen LogP contribution in [0.5, 0.6) is 5.75 Å². The minimum atomic E-state index is 0.634. The summed E-state index contributed by atoms with van der Waals surface area (Å²) in [5.74, 6) is 1.77. The maximum Gasteiger partial charge on any atom is 0.151 e. The van der Waals surface area contributed by atoms with Gasteiger partial charge in [-0.05, 0) is 41.1 Å². The van der Waals surface area contributed by atoms with E-state index in [1.165, 1.54) is 0 Å². The third kappa shape index (κ3) is 3.94. The molecule has 2 rings (SSSR count). The van der Waals surface area contributed by atoms with E-state index < -0.39 is 0 Å². The number of rotatable bonds is 7. The van der Waals surface area contributed by atoms with Crippen LogP contribution < -0.4 is 10.5 Å². The van der Waals surface area contributed by atoms with Crippen molar-refractivity contribution in [3.63, 3.8) is 0 Å². The number of anilines is 1. The Labute approximate surface area is 112 Å². The smallest absolute Gasteiger partial charge is 0.151 e. The zero-order valence-corrected chi connectivity index (χ0v) is 11.1. The van der Waals surface area contributed by atoms with Gasteiger partial charge in [-0.2, -0.15) is 0 Å². The van der Waals surface area contributed by atoms with Gasteiger partial charge in [0.2, 0.25) is 0 Å². The number of aromatic nitrogens is 4. The second kappa shape index (κ2) is 6.72. The van der Waals surface area contributed by atoms with Crippen LogP contribution in [0.1, 0.15) is 25.6 Å². The van der Waals surface area contributed by atoms with Gasteiger partial charge < -0.3 is 10.5 Å². The van der Waals surface area contributed by atoms with Gasteiger partial charge in [-0.3, -0.25) is 0 Å². The number of benzene rings is 1. The number of nitrogen functional groups attached to an aromatic ring is 1. The first-order valence-electron chi connectivity index (χ1n) is 6.53. The first kappa shape index (κ1) is 13.3. The number of aryl methyl sites for hydroxylation is 2. The van der Waals surface area contributed by atoms with Gasteiger partial charge in [0.05, 0.1) is 6.61 Å². The summed E-state index contributed by atoms with van der Waals surface area (Å²) in [7, 11) is 0. The molecule has 0 amide bonds. The monoisotopic (exact) mass is 261 g/mol. The molecule has 0 atom stereocenters. The molecule has 1 heterocycles. The lowest BCUT2D eigenvalue weighted by Crippen LogP contribution is -2.09. The molecule has 1 aromatic carbocycles. The van der Waals surface area contributed by atoms with Gasteiger partial charge in [0.25, 0.3) is 0 Å². The van der Waals surface area contributed by atoms with E-state index in [0.717, 1.165) is 43.1 Å². The zero-order valence-electron chi connectivity index (χ0n) is 11.1. The van der Waals surface area contributed by atoms with Crippen molar-refractivity contribution in [3.05, 3.63) is 30.1 Å². The van der Waals surface area contributed by atoms with Crippen LogP contribution in [0, 0.1) is 0 Å². The van der Waals surface area contributed by atoms with E-state index in [0.29, 0.717) is 6.61 Å². The van der Waals surface area contributed by atoms with E-state index in [1.807, 2.05) is 28.9 Å². The maximum absolute atomic E-state index is 5.62. The minimum Gasteiger partial charge on any atom is -0.494 e. The van der Waals surface area contributed by atoms with Gasteiger partial charge in [0, 0.05) is 25.1 Å². The molecule has 0 spiro atoms. The van der Waals surface area contributed by atoms with Crippen molar-refractivity contribution in [2.24, 2.45) is 0 Å². The number of ether oxygens (including phenoxy) is 1. The van der Waals surface area contributed by atoms with Gasteiger partial charge >= 0.3 is 0 Å². The van der Waals surface area contributed by atoms with Crippen molar-refractivity contribution >= 4 is 5.69 Å². The number of hydrogen-bond acceptors (Lipinski definition) is 5. The summed E-state index contributed by atoms with van der Waals surface area (Å²) >= 11 is 0. The van der Waals surface area contributed by atoms with Crippen LogP contribution >= 0.6 is 0 Å². The Morgan fingerprint density at radius 2 is 2.05 bits per heavy atom. The summed E-state index contributed by atoms with van der Waals surface area (Å²) in [4.78, 5) is 0. The van der Waals surface area contributed by atoms with Crippen molar-refractivity contribution in [2.45, 2.75) is 32.7 Å². The van der Waals surface area contributed by atoms with Gasteiger partial charge in [0.1, 0.15) is 5.75 Å². The number of tetrazole rings is 1. The van der Waals surface area contributed by atoms with Gasteiger partial charge in [0.15, 0.2) is 5.82 Å². The maximum atomic E-state index is 5.62. The van der Waals surface area contributed by atoms with E-state index in [1.54, 1.807) is 0 Å². The molecular formula is C13H19N5O. The lowest BCUT2D eigenvalue weighted by Gasteiger charge is -2.07. The van der Waals surface area contributed by atoms with E-state index >= 15 is 0 Å². The van der Waals surface area contributed by atoms with Crippen molar-refractivity contribution in [3.8, 4) is 5.75 Å². The lowest BCUT2D eigenvalue weighted by molar-refractivity contribution is 0.297. The Morgan fingerprint density at radius 3 is 2.79 bits per heavy atom. The highest BCUT2D eigenvalue weighted by Gasteiger charge is 2.04. The molecule has 2 N–H and O–H groups in total. The third-order valence-electron chi connectivity index (χ3n) is 2.74. The molecule has 0 aliphatic rings. The number of nitrogens with two attached hydrogens (primary N) is 1. The van der Waals surface area contributed by atoms with Crippen LogP contribution in [0.4, 0.5) is 5.69 Å². The summed E-state index contributed by atoms with van der Waals surface area (Å²) < 4.78 is 7.46. The van der Waals surface area contributed by atoms with E-state index in [4.69, 9.17) is 10.5 Å². The molecule has 0 unspecified atom stereocenters. The predicted molar refractivity (Wildman–Crippen MR) is 72.8 cm³/mol. The van der Waals surface area contributed by atoms with Crippen molar-refractivity contribution < 1.29 is 4.74 Å². The second-order valence-electron chi connectivity index (χ2n) is 4.34. The number of nitrogens with zero attached hydrogens (tertiary/aromatic N) is 4. The van der Waals surface area contributed by atoms with E-state index in [9.17, 15) is 0 Å². The Hall–Kier alpha value is -2.11. The molecule has 102 valence electrons. The molecule has 0 saturated heterocycles. The predicted octanol–water partition coefficient (Wildman–Crippen LogP) is 1.68. The van der Waals surface area contributed by atoms with Crippen LogP contribution in [-0.4, -0.2) is 26.8 Å². The molecule has 0 aliphatic heterocycles. The molecule has 19 heavy (non-hydrogen) atoms. The Morgan fingerprint density at radius 1 is 1.26 bits per heavy atom. The van der Waals surface area contributed by atoms with Crippen LogP contribution in [0.15, 0.2) is 24.3 Å². The second-order valence-corrected chi connectivity index (χ2v) is 4.34. The molecular weight excluding hydrogens is 242 g/mol. The summed E-state index contributed by atoms with van der Waals surface area (Å²) in [5.41, 5.74) is 6.35. The standard InChI is InChI=1S/C13H19N5O/c1-2-4-13-15-16-17-18(13)9-3-10-19-12-7-5-11(14)6-8-12/h5-8H,2-4,9-10,14H2,1H3. The molecule has 0 bridgehead atoms. The van der Waals surface area contributed by atoms with Crippen LogP contribution in [0.25, 0.3) is 0 Å². The molecule has 1 aromatic heterocycles. The fourth-order valence-electron chi connectivity index (χ4n) is 1.77. The quantitative estimate of drug-likeness (QED) is 0.606. The summed E-state index contributed by atoms with van der Waals surface area (Å²) in [6.45, 7) is 3.52. The Balaban J connectivity index is 1.74. The molecule has 6 nitrogen and oxygen atoms in total. The molecule has 0 saturated carbocycles. The molecule has 0 radical (unpaired) electrons. The highest BCUT2D eigenvalue weighted by Crippen LogP contribution is 2.13. The van der Waals surface area contributed by atoms with Gasteiger partial charge in [-0.25, -0.2) is 4.68 Å². The van der Waals surface area contributed by atoms with Gasteiger partial charge in [-0.1, -0.05) is 6.92 Å². The Kier molecular flexibility index (Phi) is 4.72. The first-order chi connectivity index (χ1) is 9.29. The molecule has 6 heteroatoms. The summed E-state index contributed by atoms with van der Waals surface area (Å²) in [5, 5.41) is 11.7. The molecule has 0 aliphatic carbocycles. The first-order valence-corrected chi connectivity index (χ1v) is 6.53.